The fourth-order valence-corrected chi connectivity index (χ4v) is 10.8. The molecule has 0 spiro atoms. The molecule has 0 radical (unpaired) electrons. The molecule has 0 saturated heterocycles. The second kappa shape index (κ2) is 11.9. The van der Waals surface area contributed by atoms with Crippen LogP contribution in [0.2, 0.25) is 0 Å². The highest BCUT2D eigenvalue weighted by molar-refractivity contribution is 7.71. The van der Waals surface area contributed by atoms with Crippen molar-refractivity contribution in [2.75, 3.05) is 0 Å². The molecule has 0 aliphatic heterocycles. The average Bonchev–Trinajstić information content (AvgIpc) is 2.91. The van der Waals surface area contributed by atoms with Gasteiger partial charge in [0.15, 0.2) is 11.1 Å². The summed E-state index contributed by atoms with van der Waals surface area (Å²) in [5.41, 5.74) is 6.96. The van der Waals surface area contributed by atoms with Crippen molar-refractivity contribution in [2.45, 2.75) is 83.4 Å². The first-order valence-electron chi connectivity index (χ1n) is 13.6. The molecule has 2 aromatic heterocycles. The molecule has 0 atom stereocenters. The number of benzene rings is 2. The minimum Gasteiger partial charge on any atom is -0.237 e. The van der Waals surface area contributed by atoms with Gasteiger partial charge in [0.25, 0.3) is 0 Å². The van der Waals surface area contributed by atoms with E-state index in [2.05, 4.69) is 124 Å². The summed E-state index contributed by atoms with van der Waals surface area (Å²) in [5.74, 6) is 0. The molecular weight excluding hydrogens is 514 g/mol. The molecular formula is C33H42N4P2. The summed E-state index contributed by atoms with van der Waals surface area (Å²) in [4.78, 5) is 18.7. The molecule has 4 rings (SSSR count). The van der Waals surface area contributed by atoms with Crippen molar-refractivity contribution in [3.05, 3.63) is 108 Å². The molecule has 0 unspecified atom stereocenters. The zero-order chi connectivity index (χ0) is 28.3. The van der Waals surface area contributed by atoms with E-state index in [4.69, 9.17) is 0 Å². The maximum atomic E-state index is 4.68. The van der Waals surface area contributed by atoms with E-state index in [1.807, 2.05) is 36.9 Å². The van der Waals surface area contributed by atoms with E-state index in [0.717, 1.165) is 23.5 Å². The van der Waals surface area contributed by atoms with Crippen molar-refractivity contribution < 1.29 is 0 Å². The molecule has 0 saturated carbocycles. The number of rotatable bonds is 8. The molecule has 6 heteroatoms. The summed E-state index contributed by atoms with van der Waals surface area (Å²) in [6.45, 7) is 19.1. The van der Waals surface area contributed by atoms with E-state index in [1.165, 1.54) is 22.3 Å². The van der Waals surface area contributed by atoms with Crippen molar-refractivity contribution in [3.63, 3.8) is 0 Å². The topological polar surface area (TPSA) is 51.6 Å². The number of aromatic nitrogens is 4. The predicted molar refractivity (Wildman–Crippen MR) is 169 cm³/mol. The van der Waals surface area contributed by atoms with Gasteiger partial charge in [-0.3, -0.25) is 0 Å². The summed E-state index contributed by atoms with van der Waals surface area (Å²) in [7, 11) is -1.27. The van der Waals surface area contributed by atoms with Gasteiger partial charge in [0.2, 0.25) is 0 Å². The molecule has 4 nitrogen and oxygen atoms in total. The molecule has 204 valence electrons. The van der Waals surface area contributed by atoms with E-state index < -0.39 is 7.92 Å². The van der Waals surface area contributed by atoms with Crippen LogP contribution in [0.1, 0.15) is 77.6 Å². The summed E-state index contributed by atoms with van der Waals surface area (Å²) in [6.07, 6.45) is 9.21. The lowest BCUT2D eigenvalue weighted by Gasteiger charge is -2.42. The number of hydrogen-bond acceptors (Lipinski definition) is 4. The lowest BCUT2D eigenvalue weighted by molar-refractivity contribution is 0.639. The third-order valence-electron chi connectivity index (χ3n) is 7.29. The van der Waals surface area contributed by atoms with Crippen LogP contribution in [0, 0.1) is 0 Å². The van der Waals surface area contributed by atoms with Gasteiger partial charge < -0.3 is 0 Å². The molecule has 0 N–H and O–H groups in total. The van der Waals surface area contributed by atoms with Gasteiger partial charge in [-0.15, -0.1) is 0 Å². The van der Waals surface area contributed by atoms with Crippen LogP contribution >= 0.6 is 15.8 Å². The highest BCUT2D eigenvalue weighted by Crippen LogP contribution is 2.61. The first kappa shape index (κ1) is 29.4. The van der Waals surface area contributed by atoms with Crippen molar-refractivity contribution in [3.8, 4) is 0 Å². The summed E-state index contributed by atoms with van der Waals surface area (Å²) in [5, 5.41) is 0.477. The standard InChI is InChI=1S/C33H42N4P2/c1-31(2,3)39(32(4,5)6)24-25-16-17-28(33(7,8)27-14-10-9-11-15-27)22-26(25)23-38(29-34-18-12-19-35-29)30-36-20-13-21-37-30/h9-22H,23-24H2,1-8H3. The van der Waals surface area contributed by atoms with Crippen LogP contribution in [-0.2, 0) is 17.7 Å². The van der Waals surface area contributed by atoms with E-state index in [9.17, 15) is 0 Å². The van der Waals surface area contributed by atoms with Gasteiger partial charge in [0.1, 0.15) is 0 Å². The fourth-order valence-electron chi connectivity index (χ4n) is 5.25. The minimum atomic E-state index is -0.964. The summed E-state index contributed by atoms with van der Waals surface area (Å²) >= 11 is 0. The minimum absolute atomic E-state index is 0.122. The Morgan fingerprint density at radius 1 is 0.538 bits per heavy atom. The summed E-state index contributed by atoms with van der Waals surface area (Å²) < 4.78 is 0. The van der Waals surface area contributed by atoms with Gasteiger partial charge >= 0.3 is 0 Å². The summed E-state index contributed by atoms with van der Waals surface area (Å²) in [6, 6.07) is 21.7. The van der Waals surface area contributed by atoms with Gasteiger partial charge in [-0.2, -0.15) is 0 Å². The van der Waals surface area contributed by atoms with Crippen LogP contribution in [0.5, 0.6) is 0 Å². The first-order valence-corrected chi connectivity index (χ1v) is 16.7. The Balaban J connectivity index is 1.85. The lowest BCUT2D eigenvalue weighted by atomic mass is 9.77. The average molecular weight is 557 g/mol. The molecule has 4 aromatic rings. The molecule has 0 aliphatic rings. The van der Waals surface area contributed by atoms with Crippen LogP contribution in [0.3, 0.4) is 0 Å². The zero-order valence-electron chi connectivity index (χ0n) is 24.7. The molecule has 39 heavy (non-hydrogen) atoms. The Morgan fingerprint density at radius 3 is 1.54 bits per heavy atom. The van der Waals surface area contributed by atoms with Crippen LogP contribution in [0.15, 0.2) is 85.5 Å². The first-order chi connectivity index (χ1) is 18.4. The van der Waals surface area contributed by atoms with Gasteiger partial charge in [-0.25, -0.2) is 19.9 Å². The van der Waals surface area contributed by atoms with Gasteiger partial charge in [0.05, 0.1) is 0 Å². The molecule has 0 aliphatic carbocycles. The second-order valence-corrected chi connectivity index (χ2v) is 18.4. The van der Waals surface area contributed by atoms with Crippen molar-refractivity contribution >= 4 is 27.0 Å². The normalized spacial score (nSPS) is 12.8. The van der Waals surface area contributed by atoms with Crippen LogP contribution in [-0.4, -0.2) is 30.2 Å². The fraction of sp³-hybridized carbons (Fsp3) is 0.394. The Bertz CT molecular complexity index is 1290. The van der Waals surface area contributed by atoms with Crippen molar-refractivity contribution in [2.24, 2.45) is 0 Å². The van der Waals surface area contributed by atoms with Gasteiger partial charge in [-0.1, -0.05) is 112 Å². The number of nitrogens with zero attached hydrogens (tertiary/aromatic N) is 4. The maximum Gasteiger partial charge on any atom is 0.158 e. The molecule has 0 bridgehead atoms. The molecule has 0 fully saturated rings. The van der Waals surface area contributed by atoms with Crippen LogP contribution in [0.25, 0.3) is 0 Å². The van der Waals surface area contributed by atoms with Crippen molar-refractivity contribution in [1.82, 2.24) is 19.9 Å². The highest BCUT2D eigenvalue weighted by atomic mass is 31.1. The van der Waals surface area contributed by atoms with E-state index in [0.29, 0.717) is 0 Å². The van der Waals surface area contributed by atoms with Crippen molar-refractivity contribution in [1.29, 1.82) is 0 Å². The second-order valence-electron chi connectivity index (χ2n) is 12.6. The van der Waals surface area contributed by atoms with Gasteiger partial charge in [-0.05, 0) is 50.9 Å². The quantitative estimate of drug-likeness (QED) is 0.208. The largest absolute Gasteiger partial charge is 0.237 e. The Morgan fingerprint density at radius 2 is 1.05 bits per heavy atom. The van der Waals surface area contributed by atoms with Crippen LogP contribution in [0.4, 0.5) is 0 Å². The Labute approximate surface area is 237 Å². The lowest BCUT2D eigenvalue weighted by Crippen LogP contribution is -2.27. The van der Waals surface area contributed by atoms with E-state index in [1.54, 1.807) is 0 Å². The monoisotopic (exact) mass is 556 g/mol. The molecule has 2 heterocycles. The third-order valence-corrected chi connectivity index (χ3v) is 13.3. The zero-order valence-corrected chi connectivity index (χ0v) is 26.5. The third kappa shape index (κ3) is 7.16. The SMILES string of the molecule is CC(C)(c1ccccc1)c1ccc(CP(C(C)(C)C)C(C)(C)C)c(CP(c2ncccn2)c2ncccn2)c1. The maximum absolute atomic E-state index is 4.68. The molecule has 2 aromatic carbocycles. The van der Waals surface area contributed by atoms with Gasteiger partial charge in [0, 0.05) is 44.3 Å². The predicted octanol–water partition coefficient (Wildman–Crippen LogP) is 7.80. The smallest absolute Gasteiger partial charge is 0.158 e. The number of hydrogen-bond donors (Lipinski definition) is 0. The highest BCUT2D eigenvalue weighted by Gasteiger charge is 2.35. The Kier molecular flexibility index (Phi) is 8.99. The van der Waals surface area contributed by atoms with E-state index >= 15 is 0 Å². The van der Waals surface area contributed by atoms with E-state index in [-0.39, 0.29) is 23.6 Å². The Hall–Kier alpha value is -2.54. The molecule has 0 amide bonds. The van der Waals surface area contributed by atoms with Crippen LogP contribution < -0.4 is 11.1 Å².